The Morgan fingerprint density at radius 3 is 2.41 bits per heavy atom. The third-order valence-electron chi connectivity index (χ3n) is 2.35. The topological polar surface area (TPSA) is 24.9 Å². The van der Waals surface area contributed by atoms with Gasteiger partial charge in [0.15, 0.2) is 0 Å². The molecule has 1 aromatic heterocycles. The summed E-state index contributed by atoms with van der Waals surface area (Å²) in [7, 11) is 0. The van der Waals surface area contributed by atoms with E-state index < -0.39 is 0 Å². The molecule has 0 bridgehead atoms. The second-order valence-corrected chi connectivity index (χ2v) is 3.55. The SMILES string of the molecule is Cl.Fc1ccccc1CNCc1ccncc1. The highest BCUT2D eigenvalue weighted by Gasteiger charge is 1.99. The summed E-state index contributed by atoms with van der Waals surface area (Å²) in [6.07, 6.45) is 3.50. The monoisotopic (exact) mass is 252 g/mol. The van der Waals surface area contributed by atoms with Gasteiger partial charge in [0.1, 0.15) is 5.82 Å². The summed E-state index contributed by atoms with van der Waals surface area (Å²) in [6.45, 7) is 1.26. The molecule has 1 N–H and O–H groups in total. The minimum Gasteiger partial charge on any atom is -0.309 e. The van der Waals surface area contributed by atoms with Crippen LogP contribution in [-0.2, 0) is 13.1 Å². The summed E-state index contributed by atoms with van der Waals surface area (Å²) in [6, 6.07) is 10.7. The Kier molecular flexibility index (Phi) is 5.60. The number of nitrogens with one attached hydrogen (secondary N) is 1. The first kappa shape index (κ1) is 13.6. The molecule has 0 radical (unpaired) electrons. The molecule has 0 aliphatic carbocycles. The molecule has 2 aromatic rings. The number of rotatable bonds is 4. The Morgan fingerprint density at radius 2 is 1.71 bits per heavy atom. The van der Waals surface area contributed by atoms with Crippen LogP contribution in [0.1, 0.15) is 11.1 Å². The maximum atomic E-state index is 13.3. The van der Waals surface area contributed by atoms with E-state index in [0.29, 0.717) is 12.1 Å². The fourth-order valence-electron chi connectivity index (χ4n) is 1.48. The van der Waals surface area contributed by atoms with Crippen LogP contribution >= 0.6 is 12.4 Å². The third kappa shape index (κ3) is 4.13. The molecule has 0 aliphatic rings. The number of hydrogen-bond acceptors (Lipinski definition) is 2. The lowest BCUT2D eigenvalue weighted by molar-refractivity contribution is 0.588. The predicted molar refractivity (Wildman–Crippen MR) is 68.4 cm³/mol. The number of aromatic nitrogens is 1. The largest absolute Gasteiger partial charge is 0.309 e. The Morgan fingerprint density at radius 1 is 1.00 bits per heavy atom. The van der Waals surface area contributed by atoms with Crippen molar-refractivity contribution in [3.05, 3.63) is 65.7 Å². The van der Waals surface area contributed by atoms with Gasteiger partial charge in [-0.1, -0.05) is 18.2 Å². The van der Waals surface area contributed by atoms with Gasteiger partial charge in [0, 0.05) is 31.0 Å². The van der Waals surface area contributed by atoms with Gasteiger partial charge in [-0.15, -0.1) is 12.4 Å². The normalized spacial score (nSPS) is 9.71. The molecule has 0 atom stereocenters. The molecule has 0 amide bonds. The van der Waals surface area contributed by atoms with Crippen LogP contribution in [0.3, 0.4) is 0 Å². The van der Waals surface area contributed by atoms with E-state index in [2.05, 4.69) is 10.3 Å². The predicted octanol–water partition coefficient (Wildman–Crippen LogP) is 2.93. The molecular weight excluding hydrogens is 239 g/mol. The molecule has 0 fully saturated rings. The molecule has 0 spiro atoms. The molecular formula is C13H14ClFN2. The average molecular weight is 253 g/mol. The minimum atomic E-state index is -0.162. The van der Waals surface area contributed by atoms with Crippen molar-refractivity contribution in [3.63, 3.8) is 0 Å². The maximum absolute atomic E-state index is 13.3. The first-order valence-electron chi connectivity index (χ1n) is 5.19. The summed E-state index contributed by atoms with van der Waals surface area (Å²) in [4.78, 5) is 3.94. The van der Waals surface area contributed by atoms with E-state index in [1.807, 2.05) is 18.2 Å². The molecule has 0 unspecified atom stereocenters. The van der Waals surface area contributed by atoms with Gasteiger partial charge in [-0.3, -0.25) is 4.98 Å². The first-order chi connectivity index (χ1) is 7.86. The van der Waals surface area contributed by atoms with Crippen molar-refractivity contribution in [2.24, 2.45) is 0 Å². The lowest BCUT2D eigenvalue weighted by Crippen LogP contribution is -2.13. The van der Waals surface area contributed by atoms with Crippen LogP contribution in [0.15, 0.2) is 48.8 Å². The van der Waals surface area contributed by atoms with Crippen LogP contribution in [0.2, 0.25) is 0 Å². The Labute approximate surface area is 106 Å². The quantitative estimate of drug-likeness (QED) is 0.905. The van der Waals surface area contributed by atoms with Crippen LogP contribution < -0.4 is 5.32 Å². The lowest BCUT2D eigenvalue weighted by Gasteiger charge is -2.05. The van der Waals surface area contributed by atoms with E-state index in [1.165, 1.54) is 6.07 Å². The van der Waals surface area contributed by atoms with E-state index in [0.717, 1.165) is 12.1 Å². The number of pyridine rings is 1. The zero-order valence-corrected chi connectivity index (χ0v) is 10.1. The first-order valence-corrected chi connectivity index (χ1v) is 5.19. The molecule has 1 heterocycles. The fourth-order valence-corrected chi connectivity index (χ4v) is 1.48. The van der Waals surface area contributed by atoms with Crippen LogP contribution in [0, 0.1) is 5.82 Å². The molecule has 0 saturated carbocycles. The second-order valence-electron chi connectivity index (χ2n) is 3.55. The summed E-state index contributed by atoms with van der Waals surface area (Å²) < 4.78 is 13.3. The van der Waals surface area contributed by atoms with Crippen molar-refractivity contribution in [1.82, 2.24) is 10.3 Å². The van der Waals surface area contributed by atoms with Gasteiger partial charge in [0.2, 0.25) is 0 Å². The van der Waals surface area contributed by atoms with Gasteiger partial charge in [-0.25, -0.2) is 4.39 Å². The van der Waals surface area contributed by atoms with Crippen LogP contribution in [0.4, 0.5) is 4.39 Å². The van der Waals surface area contributed by atoms with Crippen molar-refractivity contribution in [2.45, 2.75) is 13.1 Å². The van der Waals surface area contributed by atoms with Crippen LogP contribution in [0.5, 0.6) is 0 Å². The zero-order chi connectivity index (χ0) is 11.2. The molecule has 0 aliphatic heterocycles. The highest BCUT2D eigenvalue weighted by Crippen LogP contribution is 2.06. The Balaban J connectivity index is 0.00000144. The number of hydrogen-bond donors (Lipinski definition) is 1. The van der Waals surface area contributed by atoms with Crippen molar-refractivity contribution in [2.75, 3.05) is 0 Å². The molecule has 90 valence electrons. The van der Waals surface area contributed by atoms with Crippen molar-refractivity contribution in [1.29, 1.82) is 0 Å². The minimum absolute atomic E-state index is 0. The standard InChI is InChI=1S/C13H13FN2.ClH/c14-13-4-2-1-3-12(13)10-16-9-11-5-7-15-8-6-11;/h1-8,16H,9-10H2;1H. The summed E-state index contributed by atoms with van der Waals surface area (Å²) >= 11 is 0. The smallest absolute Gasteiger partial charge is 0.127 e. The van der Waals surface area contributed by atoms with E-state index in [4.69, 9.17) is 0 Å². The number of halogens is 2. The second kappa shape index (κ2) is 6.99. The fraction of sp³-hybridized carbons (Fsp3) is 0.154. The van der Waals surface area contributed by atoms with E-state index in [9.17, 15) is 4.39 Å². The third-order valence-corrected chi connectivity index (χ3v) is 2.35. The molecule has 2 nitrogen and oxygen atoms in total. The van der Waals surface area contributed by atoms with E-state index in [1.54, 1.807) is 24.5 Å². The van der Waals surface area contributed by atoms with Gasteiger partial charge in [0.05, 0.1) is 0 Å². The average Bonchev–Trinajstić information content (AvgIpc) is 2.33. The van der Waals surface area contributed by atoms with E-state index >= 15 is 0 Å². The molecule has 1 aromatic carbocycles. The molecule has 2 rings (SSSR count). The summed E-state index contributed by atoms with van der Waals surface area (Å²) in [5.41, 5.74) is 1.84. The number of benzene rings is 1. The van der Waals surface area contributed by atoms with Crippen LogP contribution in [0.25, 0.3) is 0 Å². The van der Waals surface area contributed by atoms with Crippen LogP contribution in [-0.4, -0.2) is 4.98 Å². The maximum Gasteiger partial charge on any atom is 0.127 e. The summed E-state index contributed by atoms with van der Waals surface area (Å²) in [5, 5.41) is 3.19. The number of nitrogens with zero attached hydrogens (tertiary/aromatic N) is 1. The van der Waals surface area contributed by atoms with Gasteiger partial charge >= 0.3 is 0 Å². The zero-order valence-electron chi connectivity index (χ0n) is 9.27. The van der Waals surface area contributed by atoms with Gasteiger partial charge < -0.3 is 5.32 Å². The molecule has 0 saturated heterocycles. The van der Waals surface area contributed by atoms with Crippen molar-refractivity contribution >= 4 is 12.4 Å². The van der Waals surface area contributed by atoms with Crippen molar-refractivity contribution < 1.29 is 4.39 Å². The van der Waals surface area contributed by atoms with E-state index in [-0.39, 0.29) is 18.2 Å². The Bertz CT molecular complexity index is 448. The summed E-state index contributed by atoms with van der Waals surface area (Å²) in [5.74, 6) is -0.162. The Hall–Kier alpha value is -1.45. The van der Waals surface area contributed by atoms with Crippen molar-refractivity contribution in [3.8, 4) is 0 Å². The van der Waals surface area contributed by atoms with Gasteiger partial charge in [0.25, 0.3) is 0 Å². The highest BCUT2D eigenvalue weighted by atomic mass is 35.5. The lowest BCUT2D eigenvalue weighted by atomic mass is 10.2. The molecule has 17 heavy (non-hydrogen) atoms. The highest BCUT2D eigenvalue weighted by molar-refractivity contribution is 5.85. The molecule has 4 heteroatoms. The van der Waals surface area contributed by atoms with Gasteiger partial charge in [-0.2, -0.15) is 0 Å². The van der Waals surface area contributed by atoms with Gasteiger partial charge in [-0.05, 0) is 23.8 Å².